The highest BCUT2D eigenvalue weighted by Crippen LogP contribution is 2.00. The number of rotatable bonds is 4. The van der Waals surface area contributed by atoms with Gasteiger partial charge in [-0.25, -0.2) is 0 Å². The molecule has 0 saturated heterocycles. The maximum absolute atomic E-state index is 9.83. The van der Waals surface area contributed by atoms with Crippen LogP contribution in [0.15, 0.2) is 0 Å². The summed E-state index contributed by atoms with van der Waals surface area (Å²) in [5.41, 5.74) is 0. The smallest absolute Gasteiger partial charge is 0.0775 e. The van der Waals surface area contributed by atoms with Gasteiger partial charge < -0.3 is 0 Å². The lowest BCUT2D eigenvalue weighted by Crippen LogP contribution is -1.71. The van der Waals surface area contributed by atoms with E-state index in [1.807, 2.05) is 0 Å². The van der Waals surface area contributed by atoms with Crippen molar-refractivity contribution in [1.29, 1.82) is 0 Å². The van der Waals surface area contributed by atoms with Gasteiger partial charge in [0, 0.05) is 0 Å². The Morgan fingerprint density at radius 1 is 1.43 bits per heavy atom. The normalized spacial score (nSPS) is 9.86. The molecule has 0 aromatic rings. The standard InChI is InChI=1S/C5H11OP/c1-2-3-4-5-7-6/h2-5H2,1H3/p+1. The van der Waals surface area contributed by atoms with Crippen LogP contribution in [0.2, 0.25) is 0 Å². The molecule has 7 heavy (non-hydrogen) atoms. The van der Waals surface area contributed by atoms with E-state index in [2.05, 4.69) is 6.92 Å². The van der Waals surface area contributed by atoms with Crippen molar-refractivity contribution in [2.24, 2.45) is 0 Å². The fourth-order valence-electron chi connectivity index (χ4n) is 0.447. The highest BCUT2D eigenvalue weighted by atomic mass is 31.1. The van der Waals surface area contributed by atoms with Crippen molar-refractivity contribution in [2.75, 3.05) is 6.16 Å². The maximum atomic E-state index is 9.83. The van der Waals surface area contributed by atoms with Crippen LogP contribution in [0.1, 0.15) is 26.2 Å². The van der Waals surface area contributed by atoms with Crippen LogP contribution >= 0.6 is 8.46 Å². The minimum atomic E-state index is -0.0824. The minimum absolute atomic E-state index is 0.0824. The van der Waals surface area contributed by atoms with Crippen LogP contribution in [-0.2, 0) is 4.57 Å². The van der Waals surface area contributed by atoms with Crippen LogP contribution in [0.4, 0.5) is 0 Å². The number of hydrogen-bond acceptors (Lipinski definition) is 1. The van der Waals surface area contributed by atoms with Crippen molar-refractivity contribution in [2.45, 2.75) is 26.2 Å². The fraction of sp³-hybridized carbons (Fsp3) is 1.00. The van der Waals surface area contributed by atoms with Crippen molar-refractivity contribution in [3.63, 3.8) is 0 Å². The number of hydrogen-bond donors (Lipinski definition) is 0. The van der Waals surface area contributed by atoms with Gasteiger partial charge in [0.2, 0.25) is 0 Å². The molecule has 0 aliphatic heterocycles. The van der Waals surface area contributed by atoms with Gasteiger partial charge in [0.15, 0.2) is 0 Å². The third-order valence-electron chi connectivity index (χ3n) is 0.882. The van der Waals surface area contributed by atoms with Crippen molar-refractivity contribution in [3.05, 3.63) is 0 Å². The van der Waals surface area contributed by atoms with E-state index in [1.165, 1.54) is 12.8 Å². The monoisotopic (exact) mass is 119 g/mol. The van der Waals surface area contributed by atoms with Gasteiger partial charge in [-0.2, -0.15) is 0 Å². The van der Waals surface area contributed by atoms with Crippen LogP contribution in [0.5, 0.6) is 0 Å². The average molecular weight is 119 g/mol. The molecule has 0 amide bonds. The van der Waals surface area contributed by atoms with Gasteiger partial charge in [-0.05, 0) is 12.8 Å². The van der Waals surface area contributed by atoms with E-state index < -0.39 is 0 Å². The second-order valence-corrected chi connectivity index (χ2v) is 2.39. The Labute approximate surface area is 46.3 Å². The van der Waals surface area contributed by atoms with E-state index in [4.69, 9.17) is 0 Å². The summed E-state index contributed by atoms with van der Waals surface area (Å²) in [6.07, 6.45) is 4.49. The van der Waals surface area contributed by atoms with Gasteiger partial charge in [-0.3, -0.25) is 0 Å². The van der Waals surface area contributed by atoms with Gasteiger partial charge >= 0.3 is 8.46 Å². The highest BCUT2D eigenvalue weighted by Gasteiger charge is 1.87. The van der Waals surface area contributed by atoms with E-state index in [0.717, 1.165) is 12.6 Å². The van der Waals surface area contributed by atoms with E-state index in [0.29, 0.717) is 0 Å². The number of unbranched alkanes of at least 4 members (excludes halogenated alkanes) is 2. The SMILES string of the molecule is CCCCC[PH+]=O. The lowest BCUT2D eigenvalue weighted by molar-refractivity contribution is 0.596. The molecule has 0 bridgehead atoms. The van der Waals surface area contributed by atoms with Crippen molar-refractivity contribution in [1.82, 2.24) is 0 Å². The average Bonchev–Trinajstić information content (AvgIpc) is 1.69. The first-order valence-electron chi connectivity index (χ1n) is 2.76. The summed E-state index contributed by atoms with van der Waals surface area (Å²) >= 11 is 0. The second-order valence-electron chi connectivity index (χ2n) is 1.60. The Bertz CT molecular complexity index is 45.3. The maximum Gasteiger partial charge on any atom is 0.324 e. The summed E-state index contributed by atoms with van der Waals surface area (Å²) in [4.78, 5) is 0. The molecule has 1 unspecified atom stereocenters. The zero-order valence-electron chi connectivity index (χ0n) is 4.74. The Kier molecular flexibility index (Phi) is 6.19. The lowest BCUT2D eigenvalue weighted by Gasteiger charge is -1.81. The van der Waals surface area contributed by atoms with Crippen LogP contribution in [-0.4, -0.2) is 6.16 Å². The van der Waals surface area contributed by atoms with E-state index >= 15 is 0 Å². The molecule has 2 heteroatoms. The summed E-state index contributed by atoms with van der Waals surface area (Å²) < 4.78 is 9.83. The first kappa shape index (κ1) is 7.10. The molecule has 42 valence electrons. The van der Waals surface area contributed by atoms with E-state index in [1.54, 1.807) is 0 Å². The molecule has 0 rings (SSSR count). The predicted octanol–water partition coefficient (Wildman–Crippen LogP) is 2.20. The lowest BCUT2D eigenvalue weighted by atomic mass is 10.3. The molecule has 1 nitrogen and oxygen atoms in total. The van der Waals surface area contributed by atoms with Crippen LogP contribution < -0.4 is 0 Å². The molecule has 0 spiro atoms. The van der Waals surface area contributed by atoms with Crippen LogP contribution in [0.25, 0.3) is 0 Å². The molecule has 0 aromatic carbocycles. The zero-order valence-corrected chi connectivity index (χ0v) is 5.74. The van der Waals surface area contributed by atoms with Crippen LogP contribution in [0, 0.1) is 0 Å². The van der Waals surface area contributed by atoms with Crippen molar-refractivity contribution < 1.29 is 4.57 Å². The highest BCUT2D eigenvalue weighted by molar-refractivity contribution is 7.23. The predicted molar refractivity (Wildman–Crippen MR) is 33.4 cm³/mol. The second kappa shape index (κ2) is 6.10. The van der Waals surface area contributed by atoms with Gasteiger partial charge in [-0.15, -0.1) is 0 Å². The summed E-state index contributed by atoms with van der Waals surface area (Å²) in [5, 5.41) is 0. The molecule has 0 fully saturated rings. The van der Waals surface area contributed by atoms with Gasteiger partial charge in [0.1, 0.15) is 6.16 Å². The zero-order chi connectivity index (χ0) is 5.54. The fourth-order valence-corrected chi connectivity index (χ4v) is 0.842. The largest absolute Gasteiger partial charge is 0.324 e. The van der Waals surface area contributed by atoms with Crippen LogP contribution in [0.3, 0.4) is 0 Å². The molecule has 0 aromatic heterocycles. The quantitative estimate of drug-likeness (QED) is 0.409. The molecular formula is C5H12OP+. The third-order valence-corrected chi connectivity index (χ3v) is 1.44. The summed E-state index contributed by atoms with van der Waals surface area (Å²) in [5.74, 6) is 0. The third kappa shape index (κ3) is 6.10. The summed E-state index contributed by atoms with van der Waals surface area (Å²) in [6.45, 7) is 2.15. The molecule has 0 aliphatic carbocycles. The molecule has 0 radical (unpaired) electrons. The van der Waals surface area contributed by atoms with Crippen molar-refractivity contribution in [3.8, 4) is 0 Å². The Hall–Kier alpha value is 0.100. The summed E-state index contributed by atoms with van der Waals surface area (Å²) in [7, 11) is -0.0824. The van der Waals surface area contributed by atoms with Gasteiger partial charge in [0.05, 0.1) is 0 Å². The van der Waals surface area contributed by atoms with Crippen molar-refractivity contribution >= 4 is 8.46 Å². The minimum Gasteiger partial charge on any atom is -0.0775 e. The molecule has 0 N–H and O–H groups in total. The Morgan fingerprint density at radius 2 is 2.14 bits per heavy atom. The van der Waals surface area contributed by atoms with Gasteiger partial charge in [0.25, 0.3) is 0 Å². The molecule has 0 saturated carbocycles. The summed E-state index contributed by atoms with van der Waals surface area (Å²) in [6, 6.07) is 0. The topological polar surface area (TPSA) is 17.1 Å². The van der Waals surface area contributed by atoms with E-state index in [9.17, 15) is 4.57 Å². The molecular weight excluding hydrogens is 107 g/mol. The Balaban J connectivity index is 2.56. The first-order valence-corrected chi connectivity index (χ1v) is 3.88. The first-order chi connectivity index (χ1) is 3.41. The van der Waals surface area contributed by atoms with Gasteiger partial charge in [-0.1, -0.05) is 17.9 Å². The van der Waals surface area contributed by atoms with E-state index in [-0.39, 0.29) is 8.46 Å². The Morgan fingerprint density at radius 3 is 2.57 bits per heavy atom. The molecule has 1 atom stereocenters. The molecule has 0 heterocycles. The molecule has 0 aliphatic rings.